The first kappa shape index (κ1) is 11.1. The van der Waals surface area contributed by atoms with Gasteiger partial charge in [-0.1, -0.05) is 25.3 Å². The predicted octanol–water partition coefficient (Wildman–Crippen LogP) is -0.325. The number of hydrogen-bond donors (Lipinski definition) is 0. The van der Waals surface area contributed by atoms with E-state index in [1.807, 2.05) is 0 Å². The van der Waals surface area contributed by atoms with E-state index in [1.165, 1.54) is 32.1 Å². The summed E-state index contributed by atoms with van der Waals surface area (Å²) in [5.74, 6) is 1.04. The van der Waals surface area contributed by atoms with Crippen LogP contribution < -0.4 is 0 Å². The second kappa shape index (κ2) is 5.63. The van der Waals surface area contributed by atoms with E-state index in [9.17, 15) is 0 Å². The lowest BCUT2D eigenvalue weighted by molar-refractivity contribution is 0.346. The van der Waals surface area contributed by atoms with Gasteiger partial charge in [0.2, 0.25) is 0 Å². The normalized spacial score (nSPS) is 37.3. The largest absolute Gasteiger partial charge is 0.370 e. The highest BCUT2D eigenvalue weighted by molar-refractivity contribution is 7.23. The number of rotatable bonds is 6. The van der Waals surface area contributed by atoms with Gasteiger partial charge in [0.1, 0.15) is 0 Å². The Balaban J connectivity index is 1.48. The Morgan fingerprint density at radius 3 is 2.93 bits per heavy atom. The summed E-state index contributed by atoms with van der Waals surface area (Å²) in [6.07, 6.45) is 10.3. The maximum atomic E-state index is 5.57. The second-order valence-electron chi connectivity index (χ2n) is 5.09. The molecule has 0 aromatic heterocycles. The topological polar surface area (TPSA) is 12.5 Å². The van der Waals surface area contributed by atoms with Crippen molar-refractivity contribution in [2.24, 2.45) is 5.92 Å². The molecule has 0 N–H and O–H groups in total. The summed E-state index contributed by atoms with van der Waals surface area (Å²) < 4.78 is 5.57. The molecule has 3 unspecified atom stereocenters. The van der Waals surface area contributed by atoms with E-state index >= 15 is 0 Å². The molecular formula is C10H24OSi3. The highest BCUT2D eigenvalue weighted by Gasteiger charge is 2.43. The summed E-state index contributed by atoms with van der Waals surface area (Å²) in [5.41, 5.74) is 0. The fraction of sp³-hybridized carbons (Fsp3) is 1.00. The molecule has 1 nitrogen and oxygen atoms in total. The van der Waals surface area contributed by atoms with Gasteiger partial charge in [0.15, 0.2) is 0 Å². The minimum atomic E-state index is 0.547. The van der Waals surface area contributed by atoms with Crippen molar-refractivity contribution in [3.8, 4) is 0 Å². The van der Waals surface area contributed by atoms with Gasteiger partial charge in [0, 0.05) is 9.04 Å². The van der Waals surface area contributed by atoms with Gasteiger partial charge in [0.25, 0.3) is 0 Å². The first-order chi connectivity index (χ1) is 6.90. The minimum Gasteiger partial charge on any atom is -0.370 e. The van der Waals surface area contributed by atoms with Gasteiger partial charge in [-0.2, -0.15) is 0 Å². The van der Waals surface area contributed by atoms with E-state index in [4.69, 9.17) is 4.74 Å². The van der Waals surface area contributed by atoms with Crippen molar-refractivity contribution in [2.45, 2.75) is 56.8 Å². The van der Waals surface area contributed by atoms with Crippen LogP contribution in [0.25, 0.3) is 0 Å². The fourth-order valence-corrected chi connectivity index (χ4v) is 11.1. The first-order valence-electron chi connectivity index (χ1n) is 6.55. The zero-order valence-corrected chi connectivity index (χ0v) is 14.3. The van der Waals surface area contributed by atoms with Crippen molar-refractivity contribution in [3.05, 3.63) is 0 Å². The smallest absolute Gasteiger partial charge is 0.0844 e. The van der Waals surface area contributed by atoms with E-state index in [2.05, 4.69) is 0 Å². The Hall–Kier alpha value is 0.611. The molecule has 82 valence electrons. The second-order valence-corrected chi connectivity index (χ2v) is 21.6. The monoisotopic (exact) mass is 244 g/mol. The maximum Gasteiger partial charge on any atom is 0.0844 e. The van der Waals surface area contributed by atoms with Crippen LogP contribution in [0.4, 0.5) is 0 Å². The molecule has 1 saturated heterocycles. The molecule has 0 aromatic rings. The molecule has 0 spiro atoms. The molecule has 1 saturated carbocycles. The lowest BCUT2D eigenvalue weighted by atomic mass is 9.86. The van der Waals surface area contributed by atoms with Crippen LogP contribution in [0.5, 0.6) is 0 Å². The molecule has 0 aromatic carbocycles. The Morgan fingerprint density at radius 1 is 1.21 bits per heavy atom. The Kier molecular flexibility index (Phi) is 4.47. The average Bonchev–Trinajstić information content (AvgIpc) is 2.95. The summed E-state index contributed by atoms with van der Waals surface area (Å²) in [7, 11) is 2.77. The predicted molar refractivity (Wildman–Crippen MR) is 71.7 cm³/mol. The molecule has 1 aliphatic carbocycles. The number of ether oxygens (including phenoxy) is 1. The zero-order valence-electron chi connectivity index (χ0n) is 9.50. The minimum absolute atomic E-state index is 0.547. The van der Waals surface area contributed by atoms with Crippen molar-refractivity contribution >= 4 is 27.4 Å². The summed E-state index contributed by atoms with van der Waals surface area (Å²) in [6, 6.07) is 1.69. The summed E-state index contributed by atoms with van der Waals surface area (Å²) >= 11 is 0. The molecule has 3 atom stereocenters. The molecule has 1 aliphatic heterocycles. The molecule has 0 radical (unpaired) electrons. The number of hydrogen-bond acceptors (Lipinski definition) is 1. The molecule has 2 fully saturated rings. The van der Waals surface area contributed by atoms with E-state index in [0.29, 0.717) is 29.8 Å². The van der Waals surface area contributed by atoms with Gasteiger partial charge in [-0.3, -0.25) is 0 Å². The van der Waals surface area contributed by atoms with Crippen molar-refractivity contribution in [2.75, 3.05) is 0 Å². The summed E-state index contributed by atoms with van der Waals surface area (Å²) in [6.45, 7) is 0. The van der Waals surface area contributed by atoms with Crippen molar-refractivity contribution in [1.29, 1.82) is 0 Å². The number of fused-ring (bicyclic) bond motifs is 1. The molecular weight excluding hydrogens is 220 g/mol. The van der Waals surface area contributed by atoms with Gasteiger partial charge >= 0.3 is 0 Å². The van der Waals surface area contributed by atoms with Gasteiger partial charge < -0.3 is 4.74 Å². The average molecular weight is 245 g/mol. The molecule has 2 aliphatic rings. The van der Waals surface area contributed by atoms with Crippen molar-refractivity contribution in [3.63, 3.8) is 0 Å². The zero-order chi connectivity index (χ0) is 9.80. The third-order valence-electron chi connectivity index (χ3n) is 3.83. The molecule has 1 heterocycles. The van der Waals surface area contributed by atoms with Crippen LogP contribution in [0.2, 0.25) is 6.04 Å². The Morgan fingerprint density at radius 2 is 2.14 bits per heavy atom. The molecule has 4 heteroatoms. The third-order valence-corrected chi connectivity index (χ3v) is 15.5. The standard InChI is InChI=1S/C10H24OSi3/c12-14-13-6-2-1-3-8-4-5-9-10(7-8)11-9/h8-10H,1-7,13-14H2,12H3. The van der Waals surface area contributed by atoms with Crippen LogP contribution in [-0.2, 0) is 4.74 Å². The Bertz CT molecular complexity index is 177. The molecule has 0 amide bonds. The van der Waals surface area contributed by atoms with Crippen molar-refractivity contribution in [1.82, 2.24) is 0 Å². The van der Waals surface area contributed by atoms with Gasteiger partial charge in [-0.15, -0.1) is 0 Å². The van der Waals surface area contributed by atoms with Crippen LogP contribution in [0.1, 0.15) is 38.5 Å². The van der Waals surface area contributed by atoms with Gasteiger partial charge in [-0.25, -0.2) is 0 Å². The highest BCUT2D eigenvalue weighted by atomic mass is 29.5. The lowest BCUT2D eigenvalue weighted by Gasteiger charge is -2.18. The molecule has 14 heavy (non-hydrogen) atoms. The van der Waals surface area contributed by atoms with Crippen LogP contribution >= 0.6 is 0 Å². The van der Waals surface area contributed by atoms with Crippen molar-refractivity contribution < 1.29 is 4.74 Å². The van der Waals surface area contributed by atoms with Crippen LogP contribution in [0, 0.1) is 5.92 Å². The summed E-state index contributed by atoms with van der Waals surface area (Å²) in [4.78, 5) is 0. The Labute approximate surface area is 95.0 Å². The number of unbranched alkanes of at least 4 members (excludes halogenated alkanes) is 1. The van der Waals surface area contributed by atoms with Gasteiger partial charge in [-0.05, 0) is 43.5 Å². The molecule has 0 bridgehead atoms. The van der Waals surface area contributed by atoms with E-state index < -0.39 is 0 Å². The van der Waals surface area contributed by atoms with E-state index in [0.717, 1.165) is 5.92 Å². The summed E-state index contributed by atoms with van der Waals surface area (Å²) in [5, 5.41) is 0. The fourth-order valence-electron chi connectivity index (χ4n) is 2.79. The van der Waals surface area contributed by atoms with E-state index in [-0.39, 0.29) is 0 Å². The van der Waals surface area contributed by atoms with Crippen LogP contribution in [0.15, 0.2) is 0 Å². The molecule has 2 rings (SSSR count). The highest BCUT2D eigenvalue weighted by Crippen LogP contribution is 2.41. The van der Waals surface area contributed by atoms with Crippen LogP contribution in [-0.4, -0.2) is 39.6 Å². The lowest BCUT2D eigenvalue weighted by Crippen LogP contribution is -2.13. The quantitative estimate of drug-likeness (QED) is 0.354. The number of epoxide rings is 1. The van der Waals surface area contributed by atoms with Crippen LogP contribution in [0.3, 0.4) is 0 Å². The van der Waals surface area contributed by atoms with E-state index in [1.54, 1.807) is 22.2 Å². The first-order valence-corrected chi connectivity index (χ1v) is 17.2. The third kappa shape index (κ3) is 3.33. The van der Waals surface area contributed by atoms with Gasteiger partial charge in [0.05, 0.1) is 12.2 Å². The maximum absolute atomic E-state index is 5.57. The SMILES string of the molecule is [SiH3][SiH2][SiH2]CCCCC1CCC2OC2C1.